The molecule has 0 bridgehead atoms. The van der Waals surface area contributed by atoms with Gasteiger partial charge in [0.15, 0.2) is 0 Å². The fraction of sp³-hybridized carbons (Fsp3) is 0.276. The van der Waals surface area contributed by atoms with Gasteiger partial charge in [0.1, 0.15) is 11.4 Å². The Kier molecular flexibility index (Phi) is 10.5. The number of amidine groups is 1. The zero-order valence-electron chi connectivity index (χ0n) is 21.7. The number of hydrogen-bond donors (Lipinski definition) is 5. The van der Waals surface area contributed by atoms with Gasteiger partial charge < -0.3 is 15.7 Å². The van der Waals surface area contributed by atoms with Crippen LogP contribution in [0, 0.1) is 5.41 Å². The number of hydrogen-bond acceptors (Lipinski definition) is 5. The molecule has 0 aliphatic rings. The van der Waals surface area contributed by atoms with Crippen LogP contribution in [0.1, 0.15) is 51.2 Å². The van der Waals surface area contributed by atoms with Gasteiger partial charge in [0.25, 0.3) is 0 Å². The van der Waals surface area contributed by atoms with Crippen molar-refractivity contribution in [2.75, 3.05) is 0 Å². The first-order chi connectivity index (χ1) is 17.6. The highest BCUT2D eigenvalue weighted by Crippen LogP contribution is 2.30. The van der Waals surface area contributed by atoms with Crippen molar-refractivity contribution in [2.45, 2.75) is 52.1 Å². The normalized spacial score (nSPS) is 10.7. The third-order valence-electron chi connectivity index (χ3n) is 6.27. The minimum Gasteiger partial charge on any atom is -0.480 e. The number of unbranched alkanes of at least 4 members (excludes halogenated alkanes) is 1. The summed E-state index contributed by atoms with van der Waals surface area (Å²) in [4.78, 5) is 26.2. The first-order valence-electron chi connectivity index (χ1n) is 12.2. The van der Waals surface area contributed by atoms with Gasteiger partial charge in [-0.15, -0.1) is 0 Å². The van der Waals surface area contributed by atoms with Crippen LogP contribution in [0.2, 0.25) is 0 Å². The molecule has 37 heavy (non-hydrogen) atoms. The van der Waals surface area contributed by atoms with Crippen LogP contribution >= 0.6 is 0 Å². The SMILES string of the molecule is CCCCC(=O)N(Cc1ccc(-c2cc(-c3ccccc3)ccc2C(=N)N)cc1)C(C)(C)C(=O)O.NN. The van der Waals surface area contributed by atoms with Crippen LogP contribution < -0.4 is 17.4 Å². The number of nitrogens with two attached hydrogens (primary N) is 3. The molecule has 0 saturated heterocycles. The molecule has 1 amide bonds. The lowest BCUT2D eigenvalue weighted by atomic mass is 9.93. The number of rotatable bonds is 10. The Labute approximate surface area is 218 Å². The Hall–Kier alpha value is -4.01. The third-order valence-corrected chi connectivity index (χ3v) is 6.27. The van der Waals surface area contributed by atoms with Crippen molar-refractivity contribution in [3.05, 3.63) is 83.9 Å². The van der Waals surface area contributed by atoms with E-state index >= 15 is 0 Å². The van der Waals surface area contributed by atoms with Crippen LogP contribution in [0.3, 0.4) is 0 Å². The van der Waals surface area contributed by atoms with Gasteiger partial charge in [-0.05, 0) is 54.2 Å². The van der Waals surface area contributed by atoms with E-state index in [9.17, 15) is 14.7 Å². The second-order valence-corrected chi connectivity index (χ2v) is 9.18. The Morgan fingerprint density at radius 1 is 0.919 bits per heavy atom. The molecular formula is C29H37N5O3. The molecule has 0 fully saturated rings. The number of amides is 1. The number of carbonyl (C=O) groups excluding carboxylic acids is 1. The number of nitrogens with zero attached hydrogens (tertiary/aromatic N) is 1. The zero-order chi connectivity index (χ0) is 27.6. The van der Waals surface area contributed by atoms with Gasteiger partial charge in [-0.25, -0.2) is 4.79 Å². The van der Waals surface area contributed by atoms with Crippen LogP contribution in [0.5, 0.6) is 0 Å². The maximum Gasteiger partial charge on any atom is 0.329 e. The molecule has 3 aromatic carbocycles. The van der Waals surface area contributed by atoms with Crippen molar-refractivity contribution in [3.63, 3.8) is 0 Å². The quantitative estimate of drug-likeness (QED) is 0.118. The van der Waals surface area contributed by atoms with Crippen molar-refractivity contribution in [3.8, 4) is 22.3 Å². The Morgan fingerprint density at radius 2 is 1.51 bits per heavy atom. The Balaban J connectivity index is 0.00000235. The average Bonchev–Trinajstić information content (AvgIpc) is 2.91. The van der Waals surface area contributed by atoms with Crippen molar-refractivity contribution in [1.82, 2.24) is 4.90 Å². The predicted octanol–water partition coefficient (Wildman–Crippen LogP) is 4.51. The summed E-state index contributed by atoms with van der Waals surface area (Å²) in [5.74, 6) is 6.78. The largest absolute Gasteiger partial charge is 0.480 e. The van der Waals surface area contributed by atoms with E-state index in [1.165, 1.54) is 4.90 Å². The number of hydrazine groups is 1. The monoisotopic (exact) mass is 503 g/mol. The lowest BCUT2D eigenvalue weighted by molar-refractivity contribution is -0.157. The topological polar surface area (TPSA) is 160 Å². The molecule has 0 aliphatic carbocycles. The molecule has 8 N–H and O–H groups in total. The molecule has 0 heterocycles. The summed E-state index contributed by atoms with van der Waals surface area (Å²) in [5, 5.41) is 17.8. The smallest absolute Gasteiger partial charge is 0.329 e. The molecule has 0 unspecified atom stereocenters. The van der Waals surface area contributed by atoms with E-state index in [0.29, 0.717) is 12.0 Å². The predicted molar refractivity (Wildman–Crippen MR) is 148 cm³/mol. The third kappa shape index (κ3) is 7.25. The molecule has 0 radical (unpaired) electrons. The highest BCUT2D eigenvalue weighted by atomic mass is 16.4. The summed E-state index contributed by atoms with van der Waals surface area (Å²) in [6.45, 7) is 5.32. The molecule has 0 atom stereocenters. The number of carbonyl (C=O) groups is 2. The van der Waals surface area contributed by atoms with Crippen molar-refractivity contribution >= 4 is 17.7 Å². The van der Waals surface area contributed by atoms with Gasteiger partial charge in [0.2, 0.25) is 5.91 Å². The fourth-order valence-corrected chi connectivity index (χ4v) is 3.98. The number of carboxylic acid groups (broad SMARTS) is 1. The zero-order valence-corrected chi connectivity index (χ0v) is 21.7. The van der Waals surface area contributed by atoms with E-state index in [1.54, 1.807) is 13.8 Å². The minimum atomic E-state index is -1.32. The van der Waals surface area contributed by atoms with Gasteiger partial charge in [-0.3, -0.25) is 21.9 Å². The molecular weight excluding hydrogens is 466 g/mol. The maximum absolute atomic E-state index is 12.9. The van der Waals surface area contributed by atoms with Gasteiger partial charge in [0.05, 0.1) is 0 Å². The second-order valence-electron chi connectivity index (χ2n) is 9.18. The highest BCUT2D eigenvalue weighted by Gasteiger charge is 2.37. The van der Waals surface area contributed by atoms with Crippen LogP contribution in [-0.2, 0) is 16.1 Å². The van der Waals surface area contributed by atoms with Crippen molar-refractivity contribution in [2.24, 2.45) is 17.4 Å². The summed E-state index contributed by atoms with van der Waals surface area (Å²) >= 11 is 0. The van der Waals surface area contributed by atoms with Crippen LogP contribution in [-0.4, -0.2) is 33.3 Å². The molecule has 3 aromatic rings. The Bertz CT molecular complexity index is 1210. The summed E-state index contributed by atoms with van der Waals surface area (Å²) < 4.78 is 0. The maximum atomic E-state index is 12.9. The van der Waals surface area contributed by atoms with Crippen LogP contribution in [0.4, 0.5) is 0 Å². The molecule has 3 rings (SSSR count). The minimum absolute atomic E-state index is 0.0143. The molecule has 8 heteroatoms. The summed E-state index contributed by atoms with van der Waals surface area (Å²) in [6, 6.07) is 23.5. The average molecular weight is 504 g/mol. The molecule has 0 saturated carbocycles. The number of aliphatic carboxylic acids is 1. The molecule has 0 spiro atoms. The van der Waals surface area contributed by atoms with E-state index in [-0.39, 0.29) is 18.3 Å². The van der Waals surface area contributed by atoms with Crippen molar-refractivity contribution < 1.29 is 14.7 Å². The molecule has 196 valence electrons. The Morgan fingerprint density at radius 3 is 2.05 bits per heavy atom. The number of carboxylic acids is 1. The van der Waals surface area contributed by atoms with E-state index in [2.05, 4.69) is 11.7 Å². The fourth-order valence-electron chi connectivity index (χ4n) is 3.98. The number of nitrogen functional groups attached to an aromatic ring is 1. The van der Waals surface area contributed by atoms with Gasteiger partial charge >= 0.3 is 5.97 Å². The lowest BCUT2D eigenvalue weighted by Gasteiger charge is -2.35. The summed E-state index contributed by atoms with van der Waals surface area (Å²) in [5.41, 5.74) is 9.83. The van der Waals surface area contributed by atoms with E-state index < -0.39 is 11.5 Å². The van der Waals surface area contributed by atoms with E-state index in [4.69, 9.17) is 11.1 Å². The van der Waals surface area contributed by atoms with E-state index in [1.807, 2.05) is 79.7 Å². The van der Waals surface area contributed by atoms with Gasteiger partial charge in [-0.1, -0.05) is 80.1 Å². The molecule has 0 aromatic heterocycles. The van der Waals surface area contributed by atoms with Crippen molar-refractivity contribution in [1.29, 1.82) is 5.41 Å². The first kappa shape index (κ1) is 29.2. The van der Waals surface area contributed by atoms with E-state index in [0.717, 1.165) is 40.7 Å². The second kappa shape index (κ2) is 13.3. The van der Waals surface area contributed by atoms with Gasteiger partial charge in [-0.2, -0.15) is 0 Å². The highest BCUT2D eigenvalue weighted by molar-refractivity contribution is 6.02. The molecule has 0 aliphatic heterocycles. The standard InChI is InChI=1S/C29H33N3O3.H4N2/c1-4-5-11-26(33)32(29(2,3)28(34)35)19-20-12-14-22(15-13-20)25-18-23(16-17-24(25)27(30)31)21-9-7-6-8-10-21;1-2/h6-10,12-18H,4-5,11,19H2,1-3H3,(H3,30,31)(H,34,35);1-2H2. The van der Waals surface area contributed by atoms with Gasteiger partial charge in [0, 0.05) is 18.5 Å². The lowest BCUT2D eigenvalue weighted by Crippen LogP contribution is -2.52. The first-order valence-corrected chi connectivity index (χ1v) is 12.2. The number of nitrogens with one attached hydrogen (secondary N) is 1. The summed E-state index contributed by atoms with van der Waals surface area (Å²) in [6.07, 6.45) is 1.90. The summed E-state index contributed by atoms with van der Waals surface area (Å²) in [7, 11) is 0. The van der Waals surface area contributed by atoms with Crippen LogP contribution in [0.25, 0.3) is 22.3 Å². The molecule has 8 nitrogen and oxygen atoms in total. The number of benzene rings is 3. The van der Waals surface area contributed by atoms with Crippen LogP contribution in [0.15, 0.2) is 72.8 Å².